The third-order valence-corrected chi connectivity index (χ3v) is 4.04. The van der Waals surface area contributed by atoms with E-state index in [9.17, 15) is 19.3 Å². The molecular formula is C16H16FN3O4. The van der Waals surface area contributed by atoms with Crippen LogP contribution in [-0.2, 0) is 0 Å². The number of hydrogen-bond donors (Lipinski definition) is 1. The normalized spacial score (nSPS) is 15.3. The first-order valence-corrected chi connectivity index (χ1v) is 7.58. The van der Waals surface area contributed by atoms with Crippen LogP contribution in [0, 0.1) is 15.9 Å². The van der Waals surface area contributed by atoms with Gasteiger partial charge in [-0.15, -0.1) is 0 Å². The third-order valence-electron chi connectivity index (χ3n) is 4.04. The first-order valence-electron chi connectivity index (χ1n) is 7.58. The van der Waals surface area contributed by atoms with Gasteiger partial charge < -0.3 is 14.6 Å². The number of nitro groups is 1. The fourth-order valence-electron chi connectivity index (χ4n) is 2.82. The summed E-state index contributed by atoms with van der Waals surface area (Å²) in [6.07, 6.45) is 2.67. The number of para-hydroxylation sites is 1. The van der Waals surface area contributed by atoms with Crippen molar-refractivity contribution in [3.63, 3.8) is 0 Å². The molecule has 1 fully saturated rings. The van der Waals surface area contributed by atoms with Crippen LogP contribution in [0.15, 0.2) is 41.0 Å². The number of hydrogen-bond acceptors (Lipinski definition) is 5. The quantitative estimate of drug-likeness (QED) is 0.686. The standard InChI is InChI=1S/C16H16FN3O4/c17-12-3-1-4-13(15(12)20(22)23)18-11-6-8-19(9-7-11)16(21)14-5-2-10-24-14/h1-5,10-11,18H,6-9H2. The van der Waals surface area contributed by atoms with Gasteiger partial charge in [0.25, 0.3) is 5.91 Å². The molecule has 0 radical (unpaired) electrons. The molecule has 1 N–H and O–H groups in total. The summed E-state index contributed by atoms with van der Waals surface area (Å²) >= 11 is 0. The van der Waals surface area contributed by atoms with E-state index in [0.29, 0.717) is 31.7 Å². The van der Waals surface area contributed by atoms with Crippen molar-refractivity contribution in [1.29, 1.82) is 0 Å². The van der Waals surface area contributed by atoms with E-state index in [4.69, 9.17) is 4.42 Å². The van der Waals surface area contributed by atoms with E-state index in [2.05, 4.69) is 5.32 Å². The lowest BCUT2D eigenvalue weighted by atomic mass is 10.0. The van der Waals surface area contributed by atoms with E-state index in [1.807, 2.05) is 0 Å². The topological polar surface area (TPSA) is 88.6 Å². The van der Waals surface area contributed by atoms with E-state index < -0.39 is 16.4 Å². The fraction of sp³-hybridized carbons (Fsp3) is 0.312. The van der Waals surface area contributed by atoms with Crippen LogP contribution in [0.25, 0.3) is 0 Å². The number of rotatable bonds is 4. The molecule has 0 aliphatic carbocycles. The van der Waals surface area contributed by atoms with Crippen molar-refractivity contribution in [2.24, 2.45) is 0 Å². The highest BCUT2D eigenvalue weighted by Crippen LogP contribution is 2.29. The van der Waals surface area contributed by atoms with Gasteiger partial charge in [-0.3, -0.25) is 14.9 Å². The zero-order valence-corrected chi connectivity index (χ0v) is 12.8. The van der Waals surface area contributed by atoms with Crippen LogP contribution >= 0.6 is 0 Å². The molecule has 0 atom stereocenters. The smallest absolute Gasteiger partial charge is 0.327 e. The van der Waals surface area contributed by atoms with Crippen LogP contribution in [0.4, 0.5) is 15.8 Å². The Morgan fingerprint density at radius 3 is 2.67 bits per heavy atom. The van der Waals surface area contributed by atoms with E-state index in [-0.39, 0.29) is 17.6 Å². The molecule has 24 heavy (non-hydrogen) atoms. The molecule has 1 aromatic heterocycles. The molecule has 0 unspecified atom stereocenters. The lowest BCUT2D eigenvalue weighted by Gasteiger charge is -2.32. The molecule has 3 rings (SSSR count). The fourth-order valence-corrected chi connectivity index (χ4v) is 2.82. The first kappa shape index (κ1) is 16.0. The number of nitrogens with one attached hydrogen (secondary N) is 1. The summed E-state index contributed by atoms with van der Waals surface area (Å²) in [4.78, 5) is 24.2. The van der Waals surface area contributed by atoms with Crippen LogP contribution in [-0.4, -0.2) is 34.9 Å². The van der Waals surface area contributed by atoms with Crippen molar-refractivity contribution >= 4 is 17.3 Å². The second kappa shape index (κ2) is 6.69. The molecule has 1 aromatic carbocycles. The van der Waals surface area contributed by atoms with Crippen molar-refractivity contribution in [1.82, 2.24) is 4.90 Å². The summed E-state index contributed by atoms with van der Waals surface area (Å²) in [7, 11) is 0. The van der Waals surface area contributed by atoms with Crippen LogP contribution in [0.1, 0.15) is 23.4 Å². The second-order valence-corrected chi connectivity index (χ2v) is 5.58. The zero-order valence-electron chi connectivity index (χ0n) is 12.8. The van der Waals surface area contributed by atoms with Crippen LogP contribution in [0.5, 0.6) is 0 Å². The molecule has 0 bridgehead atoms. The number of benzene rings is 1. The molecule has 8 heteroatoms. The third kappa shape index (κ3) is 3.22. The Bertz CT molecular complexity index is 740. The van der Waals surface area contributed by atoms with Gasteiger partial charge in [-0.2, -0.15) is 4.39 Å². The van der Waals surface area contributed by atoms with Gasteiger partial charge in [-0.25, -0.2) is 0 Å². The predicted molar refractivity (Wildman–Crippen MR) is 84.3 cm³/mol. The molecule has 0 spiro atoms. The van der Waals surface area contributed by atoms with E-state index in [1.165, 1.54) is 18.4 Å². The molecule has 1 amide bonds. The summed E-state index contributed by atoms with van der Waals surface area (Å²) < 4.78 is 18.7. The van der Waals surface area contributed by atoms with Gasteiger partial charge in [-0.05, 0) is 37.1 Å². The van der Waals surface area contributed by atoms with E-state index in [1.54, 1.807) is 17.0 Å². The first-order chi connectivity index (χ1) is 11.6. The number of furan rings is 1. The van der Waals surface area contributed by atoms with Gasteiger partial charge in [0.1, 0.15) is 5.69 Å². The highest BCUT2D eigenvalue weighted by atomic mass is 19.1. The largest absolute Gasteiger partial charge is 0.459 e. The number of piperidine rings is 1. The van der Waals surface area contributed by atoms with Gasteiger partial charge >= 0.3 is 5.69 Å². The summed E-state index contributed by atoms with van der Waals surface area (Å²) in [5.74, 6) is -0.743. The Hall–Kier alpha value is -2.90. The Balaban J connectivity index is 1.63. The lowest BCUT2D eigenvalue weighted by Crippen LogP contribution is -2.42. The number of halogens is 1. The van der Waals surface area contributed by atoms with Crippen molar-refractivity contribution in [3.8, 4) is 0 Å². The van der Waals surface area contributed by atoms with Gasteiger partial charge in [-0.1, -0.05) is 6.07 Å². The highest BCUT2D eigenvalue weighted by molar-refractivity contribution is 5.91. The average Bonchev–Trinajstić information content (AvgIpc) is 3.09. The molecule has 1 aliphatic heterocycles. The van der Waals surface area contributed by atoms with Gasteiger partial charge in [0.2, 0.25) is 5.82 Å². The maximum Gasteiger partial charge on any atom is 0.327 e. The summed E-state index contributed by atoms with van der Waals surface area (Å²) in [5.41, 5.74) is -0.387. The number of nitro benzene ring substituents is 1. The summed E-state index contributed by atoms with van der Waals surface area (Å²) in [6, 6.07) is 7.19. The van der Waals surface area contributed by atoms with Crippen LogP contribution in [0.3, 0.4) is 0 Å². The van der Waals surface area contributed by atoms with Crippen molar-refractivity contribution in [3.05, 3.63) is 58.3 Å². The van der Waals surface area contributed by atoms with Crippen molar-refractivity contribution in [2.75, 3.05) is 18.4 Å². The van der Waals surface area contributed by atoms with E-state index in [0.717, 1.165) is 6.07 Å². The molecule has 2 aromatic rings. The number of carbonyl (C=O) groups is 1. The molecule has 1 saturated heterocycles. The lowest BCUT2D eigenvalue weighted by molar-refractivity contribution is -0.386. The minimum absolute atomic E-state index is 0.0637. The highest BCUT2D eigenvalue weighted by Gasteiger charge is 2.27. The Morgan fingerprint density at radius 2 is 2.04 bits per heavy atom. The monoisotopic (exact) mass is 333 g/mol. The summed E-state index contributed by atoms with van der Waals surface area (Å²) in [6.45, 7) is 1.00. The molecular weight excluding hydrogens is 317 g/mol. The predicted octanol–water partition coefficient (Wildman–Crippen LogP) is 3.04. The average molecular weight is 333 g/mol. The number of anilines is 1. The maximum absolute atomic E-state index is 13.6. The van der Waals surface area contributed by atoms with Crippen molar-refractivity contribution < 1.29 is 18.5 Å². The van der Waals surface area contributed by atoms with Gasteiger partial charge in [0.05, 0.1) is 11.2 Å². The zero-order chi connectivity index (χ0) is 17.1. The number of nitrogens with zero attached hydrogens (tertiary/aromatic N) is 2. The van der Waals surface area contributed by atoms with E-state index >= 15 is 0 Å². The maximum atomic E-state index is 13.6. The molecule has 0 saturated carbocycles. The SMILES string of the molecule is O=C(c1ccco1)N1CCC(Nc2cccc(F)c2[N+](=O)[O-])CC1. The number of likely N-dealkylation sites (tertiary alicyclic amines) is 1. The number of carbonyl (C=O) groups excluding carboxylic acids is 1. The van der Waals surface area contributed by atoms with Crippen LogP contribution in [0.2, 0.25) is 0 Å². The van der Waals surface area contributed by atoms with Crippen LogP contribution < -0.4 is 5.32 Å². The second-order valence-electron chi connectivity index (χ2n) is 5.58. The van der Waals surface area contributed by atoms with Gasteiger partial charge in [0.15, 0.2) is 5.76 Å². The van der Waals surface area contributed by atoms with Gasteiger partial charge in [0, 0.05) is 19.1 Å². The van der Waals surface area contributed by atoms with Crippen molar-refractivity contribution in [2.45, 2.75) is 18.9 Å². The number of amides is 1. The molecule has 126 valence electrons. The molecule has 1 aliphatic rings. The minimum atomic E-state index is -0.865. The Kier molecular flexibility index (Phi) is 4.45. The summed E-state index contributed by atoms with van der Waals surface area (Å²) in [5, 5.41) is 14.0. The molecule has 2 heterocycles. The molecule has 7 nitrogen and oxygen atoms in total. The Morgan fingerprint density at radius 1 is 1.29 bits per heavy atom. The minimum Gasteiger partial charge on any atom is -0.459 e. The Labute approximate surface area is 137 Å².